The molecule has 0 aromatic heterocycles. The van der Waals surface area contributed by atoms with E-state index in [1.807, 2.05) is 6.07 Å². The van der Waals surface area contributed by atoms with Crippen LogP contribution in [-0.4, -0.2) is 18.9 Å². The van der Waals surface area contributed by atoms with Crippen LogP contribution in [0.4, 0.5) is 0 Å². The zero-order valence-electron chi connectivity index (χ0n) is 10.5. The molecule has 0 amide bonds. The minimum Gasteiger partial charge on any atom is -0.448 e. The van der Waals surface area contributed by atoms with Gasteiger partial charge in [-0.2, -0.15) is 0 Å². The fourth-order valence-corrected chi connectivity index (χ4v) is 2.70. The molecule has 2 aliphatic rings. The summed E-state index contributed by atoms with van der Waals surface area (Å²) in [5.74, 6) is 1.69. The van der Waals surface area contributed by atoms with Crippen molar-refractivity contribution in [3.63, 3.8) is 0 Å². The van der Waals surface area contributed by atoms with Gasteiger partial charge in [-0.05, 0) is 44.0 Å². The van der Waals surface area contributed by atoms with Crippen molar-refractivity contribution < 1.29 is 9.47 Å². The third kappa shape index (κ3) is 1.89. The van der Waals surface area contributed by atoms with Crippen LogP contribution in [-0.2, 0) is 0 Å². The number of aryl methyl sites for hydroxylation is 1. The van der Waals surface area contributed by atoms with Crippen LogP contribution in [0.3, 0.4) is 0 Å². The quantitative estimate of drug-likeness (QED) is 0.808. The van der Waals surface area contributed by atoms with Crippen molar-refractivity contribution in [2.45, 2.75) is 32.5 Å². The molecule has 1 fully saturated rings. The lowest BCUT2D eigenvalue weighted by Crippen LogP contribution is -2.49. The average Bonchev–Trinajstić information content (AvgIpc) is 2.67. The predicted molar refractivity (Wildman–Crippen MR) is 66.4 cm³/mol. The largest absolute Gasteiger partial charge is 0.448 e. The van der Waals surface area contributed by atoms with Gasteiger partial charge in [-0.15, -0.1) is 0 Å². The van der Waals surface area contributed by atoms with Gasteiger partial charge < -0.3 is 14.8 Å². The Labute approximate surface area is 102 Å². The molecular weight excluding hydrogens is 214 g/mol. The Bertz CT molecular complexity index is 426. The zero-order chi connectivity index (χ0) is 11.9. The van der Waals surface area contributed by atoms with Crippen LogP contribution in [0.5, 0.6) is 11.5 Å². The molecule has 2 unspecified atom stereocenters. The maximum Gasteiger partial charge on any atom is 0.252 e. The molecule has 2 aliphatic heterocycles. The van der Waals surface area contributed by atoms with Gasteiger partial charge in [-0.1, -0.05) is 6.07 Å². The molecule has 1 saturated heterocycles. The van der Waals surface area contributed by atoms with Crippen LogP contribution < -0.4 is 14.8 Å². The van der Waals surface area contributed by atoms with E-state index in [1.54, 1.807) is 0 Å². The SMILES string of the molecule is Cc1ccc2c(c1)OC(C)(C1CCCNC1)O2. The predicted octanol–water partition coefficient (Wildman–Crippen LogP) is 2.48. The number of hydrogen-bond acceptors (Lipinski definition) is 3. The van der Waals surface area contributed by atoms with Gasteiger partial charge in [0.05, 0.1) is 0 Å². The van der Waals surface area contributed by atoms with Crippen molar-refractivity contribution in [1.29, 1.82) is 0 Å². The first-order valence-corrected chi connectivity index (χ1v) is 6.37. The van der Waals surface area contributed by atoms with Crippen molar-refractivity contribution in [3.8, 4) is 11.5 Å². The summed E-state index contributed by atoms with van der Waals surface area (Å²) in [6.45, 7) is 6.21. The van der Waals surface area contributed by atoms with E-state index in [4.69, 9.17) is 9.47 Å². The number of fused-ring (bicyclic) bond motifs is 1. The maximum atomic E-state index is 6.05. The lowest BCUT2D eigenvalue weighted by molar-refractivity contribution is -0.115. The number of rotatable bonds is 1. The van der Waals surface area contributed by atoms with Gasteiger partial charge in [-0.3, -0.25) is 0 Å². The first-order valence-electron chi connectivity index (χ1n) is 6.37. The Morgan fingerprint density at radius 2 is 2.12 bits per heavy atom. The first-order chi connectivity index (χ1) is 8.17. The lowest BCUT2D eigenvalue weighted by atomic mass is 9.92. The summed E-state index contributed by atoms with van der Waals surface area (Å²) in [4.78, 5) is 0. The van der Waals surface area contributed by atoms with Gasteiger partial charge in [0.1, 0.15) is 0 Å². The van der Waals surface area contributed by atoms with Crippen LogP contribution in [0.2, 0.25) is 0 Å². The van der Waals surface area contributed by atoms with Crippen LogP contribution >= 0.6 is 0 Å². The Kier molecular flexibility index (Phi) is 2.51. The highest BCUT2D eigenvalue weighted by Crippen LogP contribution is 2.43. The highest BCUT2D eigenvalue weighted by Gasteiger charge is 2.44. The molecule has 3 rings (SSSR count). The summed E-state index contributed by atoms with van der Waals surface area (Å²) >= 11 is 0. The Balaban J connectivity index is 1.83. The Morgan fingerprint density at radius 3 is 2.88 bits per heavy atom. The van der Waals surface area contributed by atoms with Gasteiger partial charge in [-0.25, -0.2) is 0 Å². The molecule has 2 heterocycles. The number of hydrogen-bond donors (Lipinski definition) is 1. The number of ether oxygens (including phenoxy) is 2. The van der Waals surface area contributed by atoms with Crippen molar-refractivity contribution in [3.05, 3.63) is 23.8 Å². The van der Waals surface area contributed by atoms with E-state index in [0.29, 0.717) is 5.92 Å². The third-order valence-corrected chi connectivity index (χ3v) is 3.76. The van der Waals surface area contributed by atoms with Gasteiger partial charge in [0.2, 0.25) is 0 Å². The molecule has 0 radical (unpaired) electrons. The van der Waals surface area contributed by atoms with Crippen LogP contribution in [0.15, 0.2) is 18.2 Å². The van der Waals surface area contributed by atoms with Crippen molar-refractivity contribution >= 4 is 0 Å². The Morgan fingerprint density at radius 1 is 1.29 bits per heavy atom. The number of benzene rings is 1. The van der Waals surface area contributed by atoms with Gasteiger partial charge in [0, 0.05) is 19.4 Å². The average molecular weight is 233 g/mol. The molecule has 0 aliphatic carbocycles. The van der Waals surface area contributed by atoms with Crippen molar-refractivity contribution in [1.82, 2.24) is 5.32 Å². The van der Waals surface area contributed by atoms with Crippen LogP contribution in [0.1, 0.15) is 25.3 Å². The van der Waals surface area contributed by atoms with Gasteiger partial charge >= 0.3 is 0 Å². The van der Waals surface area contributed by atoms with E-state index in [1.165, 1.54) is 12.0 Å². The molecule has 92 valence electrons. The van der Waals surface area contributed by atoms with Gasteiger partial charge in [0.25, 0.3) is 5.79 Å². The summed E-state index contributed by atoms with van der Waals surface area (Å²) in [5.41, 5.74) is 1.21. The minimum atomic E-state index is -0.496. The van der Waals surface area contributed by atoms with Crippen LogP contribution in [0, 0.1) is 12.8 Å². The molecule has 1 aromatic rings. The second-order valence-electron chi connectivity index (χ2n) is 5.21. The van der Waals surface area contributed by atoms with E-state index >= 15 is 0 Å². The zero-order valence-corrected chi connectivity index (χ0v) is 10.5. The number of nitrogens with one attached hydrogen (secondary N) is 1. The van der Waals surface area contributed by atoms with Crippen molar-refractivity contribution in [2.24, 2.45) is 5.92 Å². The highest BCUT2D eigenvalue weighted by molar-refractivity contribution is 5.45. The summed E-state index contributed by atoms with van der Waals surface area (Å²) in [6, 6.07) is 6.12. The molecule has 0 saturated carbocycles. The monoisotopic (exact) mass is 233 g/mol. The molecule has 2 atom stereocenters. The molecule has 3 nitrogen and oxygen atoms in total. The fourth-order valence-electron chi connectivity index (χ4n) is 2.70. The van der Waals surface area contributed by atoms with E-state index in [9.17, 15) is 0 Å². The number of piperidine rings is 1. The smallest absolute Gasteiger partial charge is 0.252 e. The molecule has 17 heavy (non-hydrogen) atoms. The fraction of sp³-hybridized carbons (Fsp3) is 0.571. The van der Waals surface area contributed by atoms with Gasteiger partial charge in [0.15, 0.2) is 11.5 Å². The first kappa shape index (κ1) is 10.9. The molecular formula is C14H19NO2. The molecule has 0 bridgehead atoms. The molecule has 0 spiro atoms. The Hall–Kier alpha value is -1.22. The van der Waals surface area contributed by atoms with E-state index in [-0.39, 0.29) is 0 Å². The summed E-state index contributed by atoms with van der Waals surface area (Å²) < 4.78 is 12.1. The van der Waals surface area contributed by atoms with E-state index < -0.39 is 5.79 Å². The molecule has 1 N–H and O–H groups in total. The second-order valence-corrected chi connectivity index (χ2v) is 5.21. The summed E-state index contributed by atoms with van der Waals surface area (Å²) in [7, 11) is 0. The normalized spacial score (nSPS) is 31.5. The highest BCUT2D eigenvalue weighted by atomic mass is 16.7. The van der Waals surface area contributed by atoms with E-state index in [0.717, 1.165) is 31.0 Å². The minimum absolute atomic E-state index is 0.420. The maximum absolute atomic E-state index is 6.05. The van der Waals surface area contributed by atoms with E-state index in [2.05, 4.69) is 31.3 Å². The van der Waals surface area contributed by atoms with Crippen LogP contribution in [0.25, 0.3) is 0 Å². The lowest BCUT2D eigenvalue weighted by Gasteiger charge is -2.34. The molecule has 1 aromatic carbocycles. The summed E-state index contributed by atoms with van der Waals surface area (Å²) in [5, 5.41) is 3.42. The van der Waals surface area contributed by atoms with Crippen molar-refractivity contribution in [2.75, 3.05) is 13.1 Å². The third-order valence-electron chi connectivity index (χ3n) is 3.76. The standard InChI is InChI=1S/C14H19NO2/c1-10-5-6-12-13(8-10)17-14(2,16-12)11-4-3-7-15-9-11/h5-6,8,11,15H,3-4,7,9H2,1-2H3. The molecule has 3 heteroatoms. The summed E-state index contributed by atoms with van der Waals surface area (Å²) in [6.07, 6.45) is 2.36. The second kappa shape index (κ2) is 3.91. The topological polar surface area (TPSA) is 30.5 Å².